The summed E-state index contributed by atoms with van der Waals surface area (Å²) >= 11 is 2.64. The number of rotatable bonds is 3. The van der Waals surface area contributed by atoms with Gasteiger partial charge in [-0.15, -0.1) is 11.3 Å². The molecule has 0 unspecified atom stereocenters. The first-order chi connectivity index (χ1) is 7.16. The molecule has 0 bridgehead atoms. The number of carboxylic acids is 1. The lowest BCUT2D eigenvalue weighted by atomic mass is 10.4. The van der Waals surface area contributed by atoms with E-state index in [1.54, 1.807) is 13.1 Å². The predicted molar refractivity (Wildman–Crippen MR) is 59.2 cm³/mol. The van der Waals surface area contributed by atoms with Crippen molar-refractivity contribution in [3.05, 3.63) is 22.1 Å². The summed E-state index contributed by atoms with van der Waals surface area (Å²) in [5.41, 5.74) is 0.927. The fourth-order valence-corrected chi connectivity index (χ4v) is 2.33. The molecule has 2 N–H and O–H groups in total. The summed E-state index contributed by atoms with van der Waals surface area (Å²) in [5.74, 6) is -1.000. The number of hydrogen-bond acceptors (Lipinski definition) is 6. The summed E-state index contributed by atoms with van der Waals surface area (Å²) in [6.07, 6.45) is 1.67. The standard InChI is InChI=1S/C8H7N3O2S2/c1-4-6(7(12)13)11-8(15-4)10-5-2-9-14-3-5/h2-3H,1H3,(H,10,11)(H,12,13). The molecule has 5 nitrogen and oxygen atoms in total. The van der Waals surface area contributed by atoms with E-state index in [0.29, 0.717) is 10.0 Å². The normalized spacial score (nSPS) is 10.2. The van der Waals surface area contributed by atoms with Gasteiger partial charge in [-0.1, -0.05) is 0 Å². The van der Waals surface area contributed by atoms with Crippen molar-refractivity contribution in [2.75, 3.05) is 5.32 Å². The Morgan fingerprint density at radius 3 is 2.93 bits per heavy atom. The monoisotopic (exact) mass is 241 g/mol. The predicted octanol–water partition coefficient (Wildman–Crippen LogP) is 2.35. The Hall–Kier alpha value is -1.47. The molecule has 2 aromatic rings. The smallest absolute Gasteiger partial charge is 0.355 e. The molecule has 78 valence electrons. The van der Waals surface area contributed by atoms with Crippen molar-refractivity contribution in [2.45, 2.75) is 6.92 Å². The lowest BCUT2D eigenvalue weighted by molar-refractivity contribution is 0.0690. The highest BCUT2D eigenvalue weighted by Crippen LogP contribution is 2.25. The molecule has 0 saturated carbocycles. The molecule has 7 heteroatoms. The summed E-state index contributed by atoms with van der Waals surface area (Å²) in [6.45, 7) is 1.73. The number of nitrogens with zero attached hydrogens (tertiary/aromatic N) is 2. The van der Waals surface area contributed by atoms with Gasteiger partial charge in [0, 0.05) is 10.3 Å². The molecule has 0 aliphatic rings. The SMILES string of the molecule is Cc1sc(Nc2cnsc2)nc1C(=O)O. The Labute approximate surface area is 93.6 Å². The van der Waals surface area contributed by atoms with Crippen molar-refractivity contribution >= 4 is 39.7 Å². The summed E-state index contributed by atoms with van der Waals surface area (Å²) in [5, 5.41) is 14.2. The Balaban J connectivity index is 2.23. The molecule has 0 aliphatic heterocycles. The van der Waals surface area contributed by atoms with Crippen LogP contribution in [-0.4, -0.2) is 20.4 Å². The molecule has 2 aromatic heterocycles. The number of anilines is 2. The number of carboxylic acid groups (broad SMARTS) is 1. The first-order valence-corrected chi connectivity index (χ1v) is 5.69. The molecule has 0 spiro atoms. The average molecular weight is 241 g/mol. The van der Waals surface area contributed by atoms with Crippen molar-refractivity contribution < 1.29 is 9.90 Å². The summed E-state index contributed by atoms with van der Waals surface area (Å²) < 4.78 is 3.92. The maximum absolute atomic E-state index is 10.7. The van der Waals surface area contributed by atoms with Crippen molar-refractivity contribution in [1.29, 1.82) is 0 Å². The van der Waals surface area contributed by atoms with Crippen LogP contribution >= 0.6 is 22.9 Å². The Bertz CT molecular complexity index is 478. The van der Waals surface area contributed by atoms with E-state index in [-0.39, 0.29) is 5.69 Å². The van der Waals surface area contributed by atoms with Crippen molar-refractivity contribution in [3.63, 3.8) is 0 Å². The Kier molecular flexibility index (Phi) is 2.65. The zero-order valence-corrected chi connectivity index (χ0v) is 9.35. The minimum absolute atomic E-state index is 0.102. The molecular weight excluding hydrogens is 234 g/mol. The van der Waals surface area contributed by atoms with Crippen molar-refractivity contribution in [1.82, 2.24) is 9.36 Å². The molecule has 0 saturated heterocycles. The van der Waals surface area contributed by atoms with Crippen LogP contribution in [0.1, 0.15) is 15.4 Å². The number of aromatic carboxylic acids is 1. The maximum atomic E-state index is 10.7. The van der Waals surface area contributed by atoms with E-state index >= 15 is 0 Å². The number of aromatic nitrogens is 2. The van der Waals surface area contributed by atoms with Gasteiger partial charge in [-0.25, -0.2) is 9.78 Å². The van der Waals surface area contributed by atoms with Gasteiger partial charge in [-0.05, 0) is 18.5 Å². The number of hydrogen-bond donors (Lipinski definition) is 2. The topological polar surface area (TPSA) is 75.1 Å². The number of thiazole rings is 1. The van der Waals surface area contributed by atoms with E-state index in [2.05, 4.69) is 14.7 Å². The molecule has 0 fully saturated rings. The lowest BCUT2D eigenvalue weighted by Crippen LogP contribution is -1.98. The third-order valence-electron chi connectivity index (χ3n) is 1.68. The van der Waals surface area contributed by atoms with E-state index in [1.807, 2.05) is 5.38 Å². The van der Waals surface area contributed by atoms with Gasteiger partial charge < -0.3 is 10.4 Å². The van der Waals surface area contributed by atoms with Crippen LogP contribution in [0.5, 0.6) is 0 Å². The molecule has 0 aromatic carbocycles. The van der Waals surface area contributed by atoms with Gasteiger partial charge in [0.15, 0.2) is 10.8 Å². The summed E-state index contributed by atoms with van der Waals surface area (Å²) in [4.78, 5) is 15.4. The summed E-state index contributed by atoms with van der Waals surface area (Å²) in [6, 6.07) is 0. The Morgan fingerprint density at radius 2 is 2.40 bits per heavy atom. The highest BCUT2D eigenvalue weighted by molar-refractivity contribution is 7.15. The van der Waals surface area contributed by atoms with Gasteiger partial charge >= 0.3 is 5.97 Å². The molecule has 0 radical (unpaired) electrons. The molecule has 2 rings (SSSR count). The molecule has 15 heavy (non-hydrogen) atoms. The largest absolute Gasteiger partial charge is 0.476 e. The van der Waals surface area contributed by atoms with Crippen LogP contribution < -0.4 is 5.32 Å². The van der Waals surface area contributed by atoms with Crippen LogP contribution in [0.25, 0.3) is 0 Å². The van der Waals surface area contributed by atoms with E-state index in [1.165, 1.54) is 22.9 Å². The van der Waals surface area contributed by atoms with Gasteiger partial charge in [-0.3, -0.25) is 0 Å². The van der Waals surface area contributed by atoms with Crippen LogP contribution in [0.4, 0.5) is 10.8 Å². The van der Waals surface area contributed by atoms with E-state index < -0.39 is 5.97 Å². The number of nitrogens with one attached hydrogen (secondary N) is 1. The minimum Gasteiger partial charge on any atom is -0.476 e. The third kappa shape index (κ3) is 2.13. The number of aryl methyl sites for hydroxylation is 1. The second kappa shape index (κ2) is 3.95. The Morgan fingerprint density at radius 1 is 1.60 bits per heavy atom. The van der Waals surface area contributed by atoms with Gasteiger partial charge in [-0.2, -0.15) is 4.37 Å². The minimum atomic E-state index is -1.000. The average Bonchev–Trinajstić information content (AvgIpc) is 2.75. The lowest BCUT2D eigenvalue weighted by Gasteiger charge is -1.94. The highest BCUT2D eigenvalue weighted by Gasteiger charge is 2.13. The van der Waals surface area contributed by atoms with Crippen LogP contribution in [0, 0.1) is 6.92 Å². The molecular formula is C8H7N3O2S2. The summed E-state index contributed by atoms with van der Waals surface area (Å²) in [7, 11) is 0. The highest BCUT2D eigenvalue weighted by atomic mass is 32.1. The molecule has 2 heterocycles. The second-order valence-electron chi connectivity index (χ2n) is 2.77. The third-order valence-corrected chi connectivity index (χ3v) is 3.16. The van der Waals surface area contributed by atoms with E-state index in [9.17, 15) is 4.79 Å². The fraction of sp³-hybridized carbons (Fsp3) is 0.125. The zero-order valence-electron chi connectivity index (χ0n) is 7.72. The van der Waals surface area contributed by atoms with Crippen LogP contribution in [-0.2, 0) is 0 Å². The van der Waals surface area contributed by atoms with Gasteiger partial charge in [0.25, 0.3) is 0 Å². The molecule has 0 atom stereocenters. The first kappa shape index (κ1) is 10.1. The van der Waals surface area contributed by atoms with Crippen LogP contribution in [0.15, 0.2) is 11.6 Å². The van der Waals surface area contributed by atoms with E-state index in [4.69, 9.17) is 5.11 Å². The second-order valence-corrected chi connectivity index (χ2v) is 4.63. The van der Waals surface area contributed by atoms with Crippen LogP contribution in [0.2, 0.25) is 0 Å². The number of carbonyl (C=O) groups is 1. The van der Waals surface area contributed by atoms with Gasteiger partial charge in [0.1, 0.15) is 0 Å². The first-order valence-electron chi connectivity index (χ1n) is 4.04. The zero-order chi connectivity index (χ0) is 10.8. The maximum Gasteiger partial charge on any atom is 0.355 e. The fourth-order valence-electron chi connectivity index (χ4n) is 1.04. The van der Waals surface area contributed by atoms with Crippen molar-refractivity contribution in [2.24, 2.45) is 0 Å². The van der Waals surface area contributed by atoms with Crippen LogP contribution in [0.3, 0.4) is 0 Å². The van der Waals surface area contributed by atoms with Gasteiger partial charge in [0.2, 0.25) is 0 Å². The molecule has 0 amide bonds. The quantitative estimate of drug-likeness (QED) is 0.862. The van der Waals surface area contributed by atoms with Crippen molar-refractivity contribution in [3.8, 4) is 0 Å². The van der Waals surface area contributed by atoms with E-state index in [0.717, 1.165) is 5.69 Å². The van der Waals surface area contributed by atoms with Gasteiger partial charge in [0.05, 0.1) is 11.9 Å². The molecule has 0 aliphatic carbocycles.